The Morgan fingerprint density at radius 3 is 1.03 bits per heavy atom. The third-order valence-electron chi connectivity index (χ3n) is 26.5. The minimum atomic E-state index is 0.302. The molecule has 0 aromatic heterocycles. The highest BCUT2D eigenvalue weighted by molar-refractivity contribution is 8.01. The molecule has 77 heavy (non-hydrogen) atoms. The van der Waals surface area contributed by atoms with Gasteiger partial charge in [-0.2, -0.15) is 47.0 Å². The van der Waals surface area contributed by atoms with Crippen LogP contribution in [0.3, 0.4) is 0 Å². The maximum atomic E-state index is 7.34. The first kappa shape index (κ1) is 53.6. The van der Waals surface area contributed by atoms with E-state index in [-0.39, 0.29) is 0 Å². The highest BCUT2D eigenvalue weighted by Gasteiger charge is 2.66. The average Bonchev–Trinajstić information content (AvgIpc) is 4.11. The quantitative estimate of drug-likeness (QED) is 0.278. The largest absolute Gasteiger partial charge is 0.358 e. The molecule has 10 heteroatoms. The molecule has 5 aliphatic heterocycles. The van der Waals surface area contributed by atoms with Gasteiger partial charge < -0.3 is 4.74 Å². The van der Waals surface area contributed by atoms with Crippen LogP contribution in [0.5, 0.6) is 0 Å². The Bertz CT molecular complexity index is 1900. The Kier molecular flexibility index (Phi) is 16.3. The fourth-order valence-electron chi connectivity index (χ4n) is 23.5. The number of hydrogen-bond acceptors (Lipinski definition) is 10. The maximum absolute atomic E-state index is 7.34. The van der Waals surface area contributed by atoms with Crippen molar-refractivity contribution in [2.75, 3.05) is 0 Å². The average molecular weight is 1130 g/mol. The summed E-state index contributed by atoms with van der Waals surface area (Å²) in [6.45, 7) is 0. The number of nitrogens with zero attached hydrogens (tertiary/aromatic N) is 4. The van der Waals surface area contributed by atoms with Crippen molar-refractivity contribution in [2.24, 2.45) is 17.8 Å². The molecule has 0 aromatic carbocycles. The number of thioether (sulfide) groups is 4. The van der Waals surface area contributed by atoms with Gasteiger partial charge in [-0.25, -0.2) is 0 Å². The van der Waals surface area contributed by atoms with Crippen molar-refractivity contribution in [3.8, 4) is 0 Å². The molecule has 0 radical (unpaired) electrons. The molecule has 16 fully saturated rings. The van der Waals surface area contributed by atoms with Gasteiger partial charge in [0.1, 0.15) is 6.23 Å². The molecule has 11 aliphatic carbocycles. The van der Waals surface area contributed by atoms with Crippen LogP contribution in [0.2, 0.25) is 0 Å². The summed E-state index contributed by atoms with van der Waals surface area (Å²) in [5, 5.41) is 11.2. The van der Waals surface area contributed by atoms with Gasteiger partial charge in [0.05, 0.1) is 6.10 Å². The lowest BCUT2D eigenvalue weighted by Crippen LogP contribution is -2.82. The lowest BCUT2D eigenvalue weighted by Gasteiger charge is -2.71. The SMILES string of the molecule is C1CC(C2NC3CCCCC3O2)CC(C2CC(N3C4CCCCC4SC4CCCCC43)C(N3C4CCCCC4SC4CCCCC43)C(N3C4CCCCC4SC4CCCCC43)C2N2C3CCCCC3SC3CCCCC32)C1. The first-order valence-corrected chi connectivity index (χ1v) is 39.1. The van der Waals surface area contributed by atoms with Crippen molar-refractivity contribution in [2.45, 2.75) is 396 Å². The Balaban J connectivity index is 0.926. The van der Waals surface area contributed by atoms with Crippen molar-refractivity contribution in [3.05, 3.63) is 0 Å². The van der Waals surface area contributed by atoms with E-state index in [9.17, 15) is 0 Å². The summed E-state index contributed by atoms with van der Waals surface area (Å²) in [5.41, 5.74) is 0. The van der Waals surface area contributed by atoms with E-state index in [1.54, 1.807) is 0 Å². The Morgan fingerprint density at radius 2 is 0.610 bits per heavy atom. The summed E-state index contributed by atoms with van der Waals surface area (Å²) < 4.78 is 7.34. The predicted octanol–water partition coefficient (Wildman–Crippen LogP) is 15.2. The van der Waals surface area contributed by atoms with E-state index in [1.807, 2.05) is 0 Å². The van der Waals surface area contributed by atoms with Crippen molar-refractivity contribution < 1.29 is 4.74 Å². The van der Waals surface area contributed by atoms with Crippen LogP contribution in [0.25, 0.3) is 0 Å². The molecular formula is C67H109N5OS4. The third kappa shape index (κ3) is 9.87. The van der Waals surface area contributed by atoms with Gasteiger partial charge in [-0.1, -0.05) is 128 Å². The van der Waals surface area contributed by atoms with Crippen molar-refractivity contribution in [3.63, 3.8) is 0 Å². The van der Waals surface area contributed by atoms with Gasteiger partial charge in [-0.05, 0) is 153 Å². The molecule has 5 saturated heterocycles. The Morgan fingerprint density at radius 1 is 0.273 bits per heavy atom. The number of ether oxygens (including phenoxy) is 1. The predicted molar refractivity (Wildman–Crippen MR) is 329 cm³/mol. The zero-order valence-corrected chi connectivity index (χ0v) is 51.6. The van der Waals surface area contributed by atoms with Crippen LogP contribution < -0.4 is 5.32 Å². The second-order valence-corrected chi connectivity index (χ2v) is 36.2. The minimum absolute atomic E-state index is 0.302. The second kappa shape index (κ2) is 23.4. The molecule has 0 spiro atoms. The number of fused-ring (bicyclic) bond motifs is 9. The van der Waals surface area contributed by atoms with E-state index in [4.69, 9.17) is 4.74 Å². The van der Waals surface area contributed by atoms with E-state index < -0.39 is 0 Å². The Labute approximate surface area is 487 Å². The molecule has 0 bridgehead atoms. The van der Waals surface area contributed by atoms with Gasteiger partial charge in [0.15, 0.2) is 0 Å². The smallest absolute Gasteiger partial charge is 0.111 e. The van der Waals surface area contributed by atoms with Crippen LogP contribution in [-0.2, 0) is 4.74 Å². The number of hydrogen-bond donors (Lipinski definition) is 1. The van der Waals surface area contributed by atoms with E-state index in [0.29, 0.717) is 48.5 Å². The number of nitrogens with one attached hydrogen (secondary N) is 1. The standard InChI is InChI=1S/C67H109N5OS4/c1-10-31-55-45(22-1)68-67(73-55)43-21-19-20-42(40-43)44-41-54(69-46-23-2-11-32-56(46)74-57-33-12-3-24-47(57)69)65(71-50-27-6-15-36-60(50)76-61-37-16-7-28-51(61)71)66(72-52-29-8-17-38-62(52)77-63-39-18-9-30-53(63)72)64(44)70-48-25-4-13-34-58(48)75-59-35-14-5-26-49(59)70/h42-68H,1-41H2. The summed E-state index contributed by atoms with van der Waals surface area (Å²) in [6.07, 6.45) is 61.5. The second-order valence-electron chi connectivity index (χ2n) is 30.2. The summed E-state index contributed by atoms with van der Waals surface area (Å²) in [4.78, 5) is 14.9. The molecule has 16 rings (SSSR count). The molecule has 5 heterocycles. The molecule has 432 valence electrons. The van der Waals surface area contributed by atoms with Crippen LogP contribution in [0.1, 0.15) is 263 Å². The van der Waals surface area contributed by atoms with E-state index >= 15 is 0 Å². The first-order valence-electron chi connectivity index (χ1n) is 35.3. The van der Waals surface area contributed by atoms with Crippen molar-refractivity contribution >= 4 is 47.0 Å². The number of rotatable bonds is 6. The fraction of sp³-hybridized carbons (Fsp3) is 1.00. The summed E-state index contributed by atoms with van der Waals surface area (Å²) >= 11 is 10.4. The molecule has 1 N–H and O–H groups in total. The molecule has 11 saturated carbocycles. The summed E-state index contributed by atoms with van der Waals surface area (Å²) in [5.74, 6) is 2.31. The lowest BCUT2D eigenvalue weighted by molar-refractivity contribution is -0.170. The normalized spacial score (nSPS) is 53.9. The van der Waals surface area contributed by atoms with E-state index in [1.165, 1.54) is 263 Å². The van der Waals surface area contributed by atoms with Gasteiger partial charge in [-0.3, -0.25) is 24.9 Å². The fourth-order valence-corrected chi connectivity index (χ4v) is 31.4. The molecule has 0 aromatic rings. The minimum Gasteiger partial charge on any atom is -0.358 e. The van der Waals surface area contributed by atoms with Crippen LogP contribution in [0.4, 0.5) is 0 Å². The molecule has 0 amide bonds. The zero-order valence-electron chi connectivity index (χ0n) is 48.3. The van der Waals surface area contributed by atoms with Gasteiger partial charge in [0.2, 0.25) is 0 Å². The van der Waals surface area contributed by atoms with Gasteiger partial charge in [0, 0.05) is 121 Å². The van der Waals surface area contributed by atoms with Gasteiger partial charge in [0.25, 0.3) is 0 Å². The van der Waals surface area contributed by atoms with Crippen LogP contribution >= 0.6 is 47.0 Å². The zero-order chi connectivity index (χ0) is 50.6. The van der Waals surface area contributed by atoms with Gasteiger partial charge >= 0.3 is 0 Å². The third-order valence-corrected chi connectivity index (χ3v) is 33.7. The Hall–Kier alpha value is 1.16. The highest BCUT2D eigenvalue weighted by atomic mass is 32.2. The lowest BCUT2D eigenvalue weighted by atomic mass is 9.61. The van der Waals surface area contributed by atoms with Crippen LogP contribution in [-0.4, -0.2) is 152 Å². The molecule has 16 aliphatic rings. The van der Waals surface area contributed by atoms with E-state index in [0.717, 1.165) is 102 Å². The highest BCUT2D eigenvalue weighted by Crippen LogP contribution is 2.60. The van der Waals surface area contributed by atoms with Crippen LogP contribution in [0.15, 0.2) is 0 Å². The molecule has 6 nitrogen and oxygen atoms in total. The van der Waals surface area contributed by atoms with Crippen molar-refractivity contribution in [1.82, 2.24) is 24.9 Å². The maximum Gasteiger partial charge on any atom is 0.111 e. The van der Waals surface area contributed by atoms with Crippen LogP contribution in [0, 0.1) is 17.8 Å². The molecule has 26 atom stereocenters. The van der Waals surface area contributed by atoms with E-state index in [2.05, 4.69) is 72.0 Å². The topological polar surface area (TPSA) is 34.2 Å². The molecular weight excluding hydrogens is 1020 g/mol. The monoisotopic (exact) mass is 1130 g/mol. The summed E-state index contributed by atoms with van der Waals surface area (Å²) in [7, 11) is 0. The van der Waals surface area contributed by atoms with Crippen molar-refractivity contribution in [1.29, 1.82) is 0 Å². The summed E-state index contributed by atoms with van der Waals surface area (Å²) in [6, 6.07) is 9.73. The van der Waals surface area contributed by atoms with Gasteiger partial charge in [-0.15, -0.1) is 0 Å². The molecule has 26 unspecified atom stereocenters. The first-order chi connectivity index (χ1) is 38.2.